The van der Waals surface area contributed by atoms with Crippen molar-refractivity contribution in [1.29, 1.82) is 0 Å². The second-order valence-corrected chi connectivity index (χ2v) is 12.1. The highest BCUT2D eigenvalue weighted by molar-refractivity contribution is 5.93. The summed E-state index contributed by atoms with van der Waals surface area (Å²) in [6, 6.07) is 4.83. The van der Waals surface area contributed by atoms with Crippen molar-refractivity contribution in [3.05, 3.63) is 36.2 Å². The van der Waals surface area contributed by atoms with E-state index in [-0.39, 0.29) is 17.5 Å². The first-order valence-corrected chi connectivity index (χ1v) is 14.7. The predicted molar refractivity (Wildman–Crippen MR) is 156 cm³/mol. The summed E-state index contributed by atoms with van der Waals surface area (Å²) in [5.74, 6) is 2.82. The molecule has 39 heavy (non-hydrogen) atoms. The van der Waals surface area contributed by atoms with Gasteiger partial charge in [-0.15, -0.1) is 0 Å². The molecule has 9 nitrogen and oxygen atoms in total. The van der Waals surface area contributed by atoms with Crippen LogP contribution in [0.25, 0.3) is 6.08 Å². The molecular formula is C30H42N8O. The summed E-state index contributed by atoms with van der Waals surface area (Å²) in [7, 11) is 0. The monoisotopic (exact) mass is 530 g/mol. The van der Waals surface area contributed by atoms with Gasteiger partial charge in [0, 0.05) is 50.0 Å². The second kappa shape index (κ2) is 10.4. The van der Waals surface area contributed by atoms with Crippen LogP contribution in [-0.4, -0.2) is 75.6 Å². The van der Waals surface area contributed by atoms with Gasteiger partial charge in [0.05, 0.1) is 17.4 Å². The standard InChI is InChI=1S/C30H42N8O/c1-5-20(2)16-37-21(3)17-36(18-22(37)4)24-9-11-26(31-15-24)34-29-32-14-23-8-10-25-28(39)33-19-30(12-6-7-13-30)38(25)27(23)35-29/h8-11,14-15,20-22,25H,5-7,12-13,16-19H2,1-4H3,(H,33,39)(H,31,32,34,35)/t20?,21-,22+,25?. The van der Waals surface area contributed by atoms with Gasteiger partial charge in [-0.05, 0) is 44.7 Å². The molecule has 208 valence electrons. The molecular weight excluding hydrogens is 488 g/mol. The van der Waals surface area contributed by atoms with Gasteiger partial charge in [0.2, 0.25) is 11.9 Å². The highest BCUT2D eigenvalue weighted by Crippen LogP contribution is 2.44. The van der Waals surface area contributed by atoms with Crippen LogP contribution < -0.4 is 20.4 Å². The molecule has 6 rings (SSSR count). The Hall–Kier alpha value is -3.20. The van der Waals surface area contributed by atoms with Crippen LogP contribution in [0, 0.1) is 5.92 Å². The Balaban J connectivity index is 1.17. The van der Waals surface area contributed by atoms with Gasteiger partial charge in [-0.1, -0.05) is 45.3 Å². The molecule has 0 aromatic carbocycles. The Morgan fingerprint density at radius 3 is 2.59 bits per heavy atom. The van der Waals surface area contributed by atoms with Crippen LogP contribution in [0.15, 0.2) is 30.6 Å². The predicted octanol–water partition coefficient (Wildman–Crippen LogP) is 4.20. The Bertz CT molecular complexity index is 1210. The van der Waals surface area contributed by atoms with E-state index >= 15 is 0 Å². The van der Waals surface area contributed by atoms with Crippen molar-refractivity contribution in [1.82, 2.24) is 25.2 Å². The summed E-state index contributed by atoms with van der Waals surface area (Å²) in [6.07, 6.45) is 13.5. The fourth-order valence-corrected chi connectivity index (χ4v) is 6.96. The molecule has 2 aromatic rings. The zero-order valence-electron chi connectivity index (χ0n) is 23.7. The van der Waals surface area contributed by atoms with E-state index in [1.165, 1.54) is 19.3 Å². The number of carbonyl (C=O) groups excluding carboxylic acids is 1. The molecule has 2 aromatic heterocycles. The first-order valence-electron chi connectivity index (χ1n) is 14.7. The smallest absolute Gasteiger partial charge is 0.246 e. The third-order valence-corrected chi connectivity index (χ3v) is 9.34. The number of aromatic nitrogens is 3. The summed E-state index contributed by atoms with van der Waals surface area (Å²) < 4.78 is 0. The van der Waals surface area contributed by atoms with Gasteiger partial charge in [0.1, 0.15) is 17.7 Å². The number of nitrogens with zero attached hydrogens (tertiary/aromatic N) is 6. The number of carbonyl (C=O) groups is 1. The van der Waals surface area contributed by atoms with Crippen LogP contribution in [0.3, 0.4) is 0 Å². The van der Waals surface area contributed by atoms with E-state index in [1.54, 1.807) is 0 Å². The van der Waals surface area contributed by atoms with Crippen molar-refractivity contribution in [2.75, 3.05) is 41.3 Å². The van der Waals surface area contributed by atoms with Gasteiger partial charge in [0.25, 0.3) is 0 Å². The number of anilines is 4. The van der Waals surface area contributed by atoms with Crippen LogP contribution in [-0.2, 0) is 4.79 Å². The molecule has 3 fully saturated rings. The first-order chi connectivity index (χ1) is 18.9. The zero-order chi connectivity index (χ0) is 27.1. The zero-order valence-corrected chi connectivity index (χ0v) is 23.7. The van der Waals surface area contributed by atoms with Crippen LogP contribution in [0.4, 0.5) is 23.3 Å². The van der Waals surface area contributed by atoms with E-state index in [4.69, 9.17) is 9.97 Å². The van der Waals surface area contributed by atoms with Crippen molar-refractivity contribution in [3.63, 3.8) is 0 Å². The summed E-state index contributed by atoms with van der Waals surface area (Å²) >= 11 is 0. The van der Waals surface area contributed by atoms with Crippen LogP contribution in [0.5, 0.6) is 0 Å². The summed E-state index contributed by atoms with van der Waals surface area (Å²) in [5, 5.41) is 6.45. The molecule has 4 aliphatic rings. The SMILES string of the molecule is CCC(C)CN1[C@H](C)CN(c2ccc(Nc3ncc4c(n3)N3C(C=C4)C(=O)NCC34CCCC4)nc2)C[C@@H]1C. The molecule has 5 heterocycles. The maximum Gasteiger partial charge on any atom is 0.246 e. The lowest BCUT2D eigenvalue weighted by Gasteiger charge is -2.50. The number of piperazine rings is 2. The average Bonchev–Trinajstić information content (AvgIpc) is 3.41. The average molecular weight is 531 g/mol. The number of amides is 1. The highest BCUT2D eigenvalue weighted by atomic mass is 16.2. The van der Waals surface area contributed by atoms with Gasteiger partial charge in [-0.25, -0.2) is 9.97 Å². The largest absolute Gasteiger partial charge is 0.367 e. The third kappa shape index (κ3) is 4.86. The van der Waals surface area contributed by atoms with E-state index in [0.717, 1.165) is 55.5 Å². The first kappa shape index (κ1) is 26.0. The van der Waals surface area contributed by atoms with E-state index in [2.05, 4.69) is 64.1 Å². The maximum absolute atomic E-state index is 12.8. The summed E-state index contributed by atoms with van der Waals surface area (Å²) in [5.41, 5.74) is 2.03. The van der Waals surface area contributed by atoms with Crippen molar-refractivity contribution in [3.8, 4) is 0 Å². The molecule has 2 unspecified atom stereocenters. The quantitative estimate of drug-likeness (QED) is 0.574. The number of hydrogen-bond donors (Lipinski definition) is 2. The van der Waals surface area contributed by atoms with Crippen molar-refractivity contribution in [2.45, 2.75) is 83.5 Å². The van der Waals surface area contributed by atoms with Crippen LogP contribution in [0.1, 0.15) is 65.4 Å². The minimum Gasteiger partial charge on any atom is -0.367 e. The minimum atomic E-state index is -0.319. The van der Waals surface area contributed by atoms with Gasteiger partial charge < -0.3 is 20.4 Å². The van der Waals surface area contributed by atoms with E-state index in [0.29, 0.717) is 30.4 Å². The Kier molecular flexibility index (Phi) is 6.95. The van der Waals surface area contributed by atoms with Crippen LogP contribution in [0.2, 0.25) is 0 Å². The van der Waals surface area contributed by atoms with Gasteiger partial charge in [-0.2, -0.15) is 4.98 Å². The normalized spacial score (nSPS) is 26.8. The summed E-state index contributed by atoms with van der Waals surface area (Å²) in [6.45, 7) is 13.1. The molecule has 1 amide bonds. The van der Waals surface area contributed by atoms with Gasteiger partial charge in [-0.3, -0.25) is 9.69 Å². The molecule has 3 aliphatic heterocycles. The molecule has 4 atom stereocenters. The molecule has 1 aliphatic carbocycles. The number of rotatable bonds is 6. The number of hydrogen-bond acceptors (Lipinski definition) is 8. The maximum atomic E-state index is 12.8. The Morgan fingerprint density at radius 1 is 1.13 bits per heavy atom. The fourth-order valence-electron chi connectivity index (χ4n) is 6.96. The van der Waals surface area contributed by atoms with Gasteiger partial charge in [0.15, 0.2) is 0 Å². The van der Waals surface area contributed by atoms with Crippen molar-refractivity contribution in [2.24, 2.45) is 5.92 Å². The topological polar surface area (TPSA) is 89.5 Å². The number of fused-ring (bicyclic) bond motifs is 4. The van der Waals surface area contributed by atoms with Crippen LogP contribution >= 0.6 is 0 Å². The molecule has 1 saturated carbocycles. The van der Waals surface area contributed by atoms with Gasteiger partial charge >= 0.3 is 0 Å². The Labute approximate surface area is 232 Å². The highest BCUT2D eigenvalue weighted by Gasteiger charge is 2.50. The summed E-state index contributed by atoms with van der Waals surface area (Å²) in [4.78, 5) is 34.4. The lowest BCUT2D eigenvalue weighted by molar-refractivity contribution is -0.123. The molecule has 9 heteroatoms. The molecule has 1 spiro atoms. The molecule has 0 radical (unpaired) electrons. The van der Waals surface area contributed by atoms with E-state index in [1.807, 2.05) is 30.6 Å². The number of nitrogens with one attached hydrogen (secondary N) is 2. The molecule has 0 bridgehead atoms. The Morgan fingerprint density at radius 2 is 1.90 bits per heavy atom. The minimum absolute atomic E-state index is 0.0455. The van der Waals surface area contributed by atoms with Crippen molar-refractivity contribution < 1.29 is 4.79 Å². The fraction of sp³-hybridized carbons (Fsp3) is 0.600. The van der Waals surface area contributed by atoms with E-state index < -0.39 is 0 Å². The number of pyridine rings is 1. The molecule has 2 saturated heterocycles. The van der Waals surface area contributed by atoms with Crippen molar-refractivity contribution >= 4 is 35.3 Å². The lowest BCUT2D eigenvalue weighted by Crippen LogP contribution is -2.67. The third-order valence-electron chi connectivity index (χ3n) is 9.34. The molecule has 2 N–H and O–H groups in total. The van der Waals surface area contributed by atoms with E-state index in [9.17, 15) is 4.79 Å². The second-order valence-electron chi connectivity index (χ2n) is 12.1. The lowest BCUT2D eigenvalue weighted by atomic mass is 9.87.